The van der Waals surface area contributed by atoms with E-state index in [9.17, 15) is 4.79 Å². The molecular formula is C10H13NOS. The summed E-state index contributed by atoms with van der Waals surface area (Å²) in [7, 11) is 0. The molecule has 0 heterocycles. The summed E-state index contributed by atoms with van der Waals surface area (Å²) in [6.07, 6.45) is 0. The molecule has 0 radical (unpaired) electrons. The molecule has 0 aliphatic carbocycles. The zero-order valence-corrected chi connectivity index (χ0v) is 8.65. The van der Waals surface area contributed by atoms with Gasteiger partial charge in [0.25, 0.3) is 5.24 Å². The van der Waals surface area contributed by atoms with Crippen LogP contribution in [0.4, 0.5) is 4.79 Å². The molecule has 2 nitrogen and oxygen atoms in total. The lowest BCUT2D eigenvalue weighted by Gasteiger charge is -2.01. The minimum Gasteiger partial charge on any atom is -0.347 e. The molecule has 0 aliphatic rings. The first kappa shape index (κ1) is 10.1. The van der Waals surface area contributed by atoms with Gasteiger partial charge < -0.3 is 5.32 Å². The van der Waals surface area contributed by atoms with Gasteiger partial charge in [-0.2, -0.15) is 0 Å². The molecule has 3 heteroatoms. The molecule has 0 aliphatic heterocycles. The Morgan fingerprint density at radius 3 is 2.54 bits per heavy atom. The van der Waals surface area contributed by atoms with Gasteiger partial charge in [-0.1, -0.05) is 17.7 Å². The predicted octanol–water partition coefficient (Wildman–Crippen LogP) is 2.82. The van der Waals surface area contributed by atoms with Gasteiger partial charge in [0.1, 0.15) is 0 Å². The number of benzene rings is 1. The van der Waals surface area contributed by atoms with Crippen molar-refractivity contribution in [3.05, 3.63) is 29.8 Å². The molecule has 1 rings (SSSR count). The van der Waals surface area contributed by atoms with Crippen LogP contribution < -0.4 is 5.32 Å². The summed E-state index contributed by atoms with van der Waals surface area (Å²) in [5, 5.41) is 2.74. The second-order valence-electron chi connectivity index (χ2n) is 2.73. The molecule has 1 amide bonds. The molecule has 0 unspecified atom stereocenters. The van der Waals surface area contributed by atoms with Crippen molar-refractivity contribution < 1.29 is 4.79 Å². The average Bonchev–Trinajstić information content (AvgIpc) is 2.09. The molecular weight excluding hydrogens is 182 g/mol. The third-order valence-electron chi connectivity index (χ3n) is 1.55. The summed E-state index contributed by atoms with van der Waals surface area (Å²) in [6, 6.07) is 7.91. The number of nitrogens with one attached hydrogen (secondary N) is 1. The van der Waals surface area contributed by atoms with Crippen LogP contribution in [-0.4, -0.2) is 11.8 Å². The van der Waals surface area contributed by atoms with Crippen molar-refractivity contribution in [2.75, 3.05) is 6.54 Å². The number of hydrogen-bond donors (Lipinski definition) is 1. The topological polar surface area (TPSA) is 29.1 Å². The number of thioether (sulfide) groups is 1. The molecule has 1 N–H and O–H groups in total. The van der Waals surface area contributed by atoms with Gasteiger partial charge in [-0.05, 0) is 37.7 Å². The van der Waals surface area contributed by atoms with Gasteiger partial charge in [0.2, 0.25) is 0 Å². The fourth-order valence-electron chi connectivity index (χ4n) is 0.894. The fourth-order valence-corrected chi connectivity index (χ4v) is 1.60. The quantitative estimate of drug-likeness (QED) is 0.735. The maximum absolute atomic E-state index is 11.1. The number of aryl methyl sites for hydroxylation is 1. The zero-order chi connectivity index (χ0) is 9.68. The monoisotopic (exact) mass is 195 g/mol. The van der Waals surface area contributed by atoms with E-state index < -0.39 is 0 Å². The van der Waals surface area contributed by atoms with E-state index in [0.717, 1.165) is 4.90 Å². The Morgan fingerprint density at radius 2 is 2.00 bits per heavy atom. The van der Waals surface area contributed by atoms with Crippen LogP contribution in [0.2, 0.25) is 0 Å². The van der Waals surface area contributed by atoms with Gasteiger partial charge in [-0.15, -0.1) is 0 Å². The van der Waals surface area contributed by atoms with Crippen molar-refractivity contribution >= 4 is 17.0 Å². The lowest BCUT2D eigenvalue weighted by Crippen LogP contribution is -2.16. The first-order valence-electron chi connectivity index (χ1n) is 4.24. The number of carbonyl (C=O) groups excluding carboxylic acids is 1. The number of amides is 1. The van der Waals surface area contributed by atoms with Crippen molar-refractivity contribution in [3.63, 3.8) is 0 Å². The average molecular weight is 195 g/mol. The smallest absolute Gasteiger partial charge is 0.283 e. The molecule has 1 aromatic rings. The highest BCUT2D eigenvalue weighted by Crippen LogP contribution is 2.18. The lowest BCUT2D eigenvalue weighted by atomic mass is 10.2. The van der Waals surface area contributed by atoms with Gasteiger partial charge in [-0.25, -0.2) is 0 Å². The van der Waals surface area contributed by atoms with Crippen molar-refractivity contribution in [1.29, 1.82) is 0 Å². The van der Waals surface area contributed by atoms with Crippen LogP contribution in [0.15, 0.2) is 29.2 Å². The molecule has 0 fully saturated rings. The van der Waals surface area contributed by atoms with Gasteiger partial charge in [0, 0.05) is 11.4 Å². The van der Waals surface area contributed by atoms with E-state index in [2.05, 4.69) is 5.32 Å². The Morgan fingerprint density at radius 1 is 1.38 bits per heavy atom. The molecule has 0 bridgehead atoms. The van der Waals surface area contributed by atoms with E-state index in [1.807, 2.05) is 38.1 Å². The van der Waals surface area contributed by atoms with E-state index >= 15 is 0 Å². The summed E-state index contributed by atoms with van der Waals surface area (Å²) in [5.41, 5.74) is 1.21. The van der Waals surface area contributed by atoms with E-state index in [1.54, 1.807) is 0 Å². The minimum absolute atomic E-state index is 0.00588. The number of carbonyl (C=O) groups is 1. The van der Waals surface area contributed by atoms with Crippen molar-refractivity contribution in [2.45, 2.75) is 18.7 Å². The highest BCUT2D eigenvalue weighted by atomic mass is 32.2. The van der Waals surface area contributed by atoms with E-state index in [4.69, 9.17) is 0 Å². The normalized spacial score (nSPS) is 9.69. The van der Waals surface area contributed by atoms with Gasteiger partial charge >= 0.3 is 0 Å². The summed E-state index contributed by atoms with van der Waals surface area (Å²) < 4.78 is 0. The Kier molecular flexibility index (Phi) is 3.83. The SMILES string of the molecule is CCNC(=O)Sc1ccc(C)cc1. The van der Waals surface area contributed by atoms with Crippen molar-refractivity contribution in [2.24, 2.45) is 0 Å². The van der Waals surface area contributed by atoms with Crippen LogP contribution >= 0.6 is 11.8 Å². The Bertz CT molecular complexity index is 281. The summed E-state index contributed by atoms with van der Waals surface area (Å²) in [4.78, 5) is 12.1. The highest BCUT2D eigenvalue weighted by Gasteiger charge is 2.01. The summed E-state index contributed by atoms with van der Waals surface area (Å²) in [6.45, 7) is 4.62. The Balaban J connectivity index is 2.54. The molecule has 1 aromatic carbocycles. The standard InChI is InChI=1S/C10H13NOS/c1-3-11-10(12)13-9-6-4-8(2)5-7-9/h4-7H,3H2,1-2H3,(H,11,12). The van der Waals surface area contributed by atoms with E-state index in [-0.39, 0.29) is 5.24 Å². The minimum atomic E-state index is 0.00588. The van der Waals surface area contributed by atoms with Crippen molar-refractivity contribution in [3.8, 4) is 0 Å². The van der Waals surface area contributed by atoms with E-state index in [0.29, 0.717) is 6.54 Å². The van der Waals surface area contributed by atoms with Gasteiger partial charge in [0.05, 0.1) is 0 Å². The Hall–Kier alpha value is -0.960. The molecule has 13 heavy (non-hydrogen) atoms. The molecule has 70 valence electrons. The molecule has 0 saturated carbocycles. The zero-order valence-electron chi connectivity index (χ0n) is 7.83. The van der Waals surface area contributed by atoms with Crippen molar-refractivity contribution in [1.82, 2.24) is 5.32 Å². The van der Waals surface area contributed by atoms with Gasteiger partial charge in [0.15, 0.2) is 0 Å². The first-order valence-corrected chi connectivity index (χ1v) is 5.06. The second kappa shape index (κ2) is 4.92. The molecule has 0 spiro atoms. The number of hydrogen-bond acceptors (Lipinski definition) is 2. The second-order valence-corrected chi connectivity index (χ2v) is 3.78. The van der Waals surface area contributed by atoms with Crippen LogP contribution in [0.25, 0.3) is 0 Å². The number of rotatable bonds is 2. The first-order chi connectivity index (χ1) is 6.22. The van der Waals surface area contributed by atoms with Gasteiger partial charge in [-0.3, -0.25) is 4.79 Å². The van der Waals surface area contributed by atoms with E-state index in [1.165, 1.54) is 17.3 Å². The predicted molar refractivity (Wildman–Crippen MR) is 56.1 cm³/mol. The molecule has 0 aromatic heterocycles. The fraction of sp³-hybridized carbons (Fsp3) is 0.300. The summed E-state index contributed by atoms with van der Waals surface area (Å²) in [5.74, 6) is 0. The lowest BCUT2D eigenvalue weighted by molar-refractivity contribution is 0.261. The van der Waals surface area contributed by atoms with Crippen LogP contribution in [0.5, 0.6) is 0 Å². The third kappa shape index (κ3) is 3.51. The maximum atomic E-state index is 11.1. The Labute approximate surface area is 82.7 Å². The largest absolute Gasteiger partial charge is 0.347 e. The van der Waals surface area contributed by atoms with Crippen LogP contribution in [0.3, 0.4) is 0 Å². The third-order valence-corrected chi connectivity index (χ3v) is 2.39. The van der Waals surface area contributed by atoms with Crippen LogP contribution in [0.1, 0.15) is 12.5 Å². The maximum Gasteiger partial charge on any atom is 0.283 e. The molecule has 0 saturated heterocycles. The van der Waals surface area contributed by atoms with Crippen LogP contribution in [0, 0.1) is 6.92 Å². The molecule has 0 atom stereocenters. The van der Waals surface area contributed by atoms with Crippen LogP contribution in [-0.2, 0) is 0 Å². The highest BCUT2D eigenvalue weighted by molar-refractivity contribution is 8.13. The summed E-state index contributed by atoms with van der Waals surface area (Å²) >= 11 is 1.23.